The highest BCUT2D eigenvalue weighted by Crippen LogP contribution is 2.24. The average molecular weight is 430 g/mol. The van der Waals surface area contributed by atoms with Crippen LogP contribution in [-0.4, -0.2) is 36.8 Å². The Morgan fingerprint density at radius 2 is 2.12 bits per heavy atom. The second kappa shape index (κ2) is 8.13. The molecule has 1 amide bonds. The lowest BCUT2D eigenvalue weighted by Crippen LogP contribution is -2.39. The van der Waals surface area contributed by atoms with E-state index < -0.39 is 9.84 Å². The molecule has 0 unspecified atom stereocenters. The van der Waals surface area contributed by atoms with Crippen LogP contribution in [0.4, 0.5) is 0 Å². The van der Waals surface area contributed by atoms with Crippen molar-refractivity contribution in [1.82, 2.24) is 4.90 Å². The van der Waals surface area contributed by atoms with Crippen molar-refractivity contribution in [2.75, 3.05) is 11.5 Å². The number of halogens is 2. The quantitative estimate of drug-likeness (QED) is 0.666. The third kappa shape index (κ3) is 4.88. The Morgan fingerprint density at radius 3 is 2.73 bits per heavy atom. The van der Waals surface area contributed by atoms with E-state index in [1.54, 1.807) is 40.5 Å². The van der Waals surface area contributed by atoms with E-state index in [9.17, 15) is 13.2 Å². The van der Waals surface area contributed by atoms with Gasteiger partial charge in [-0.25, -0.2) is 8.42 Å². The predicted octanol–water partition coefficient (Wildman–Crippen LogP) is 4.28. The van der Waals surface area contributed by atoms with Gasteiger partial charge in [-0.15, -0.1) is 11.3 Å². The summed E-state index contributed by atoms with van der Waals surface area (Å²) in [4.78, 5) is 15.4. The maximum atomic E-state index is 12.8. The normalized spacial score (nSPS) is 19.1. The zero-order valence-corrected chi connectivity index (χ0v) is 16.9. The van der Waals surface area contributed by atoms with Gasteiger partial charge in [0.05, 0.1) is 18.1 Å². The van der Waals surface area contributed by atoms with Crippen molar-refractivity contribution in [1.29, 1.82) is 0 Å². The van der Waals surface area contributed by atoms with Gasteiger partial charge in [-0.3, -0.25) is 4.79 Å². The van der Waals surface area contributed by atoms with E-state index in [4.69, 9.17) is 23.2 Å². The fraction of sp³-hybridized carbons (Fsp3) is 0.278. The standard InChI is InChI=1S/C18H17Cl2NO3S2/c19-14-5-3-13(17(20)10-14)4-6-18(22)21(11-16-2-1-8-25-16)15-7-9-26(23,24)12-15/h1-6,8,10,15H,7,9,11-12H2/b6-4+/t15-/m1/s1. The zero-order valence-electron chi connectivity index (χ0n) is 13.8. The van der Waals surface area contributed by atoms with Crippen molar-refractivity contribution in [3.8, 4) is 0 Å². The summed E-state index contributed by atoms with van der Waals surface area (Å²) in [6, 6.07) is 8.59. The highest BCUT2D eigenvalue weighted by Gasteiger charge is 2.34. The molecule has 0 radical (unpaired) electrons. The van der Waals surface area contributed by atoms with E-state index in [1.807, 2.05) is 17.5 Å². The van der Waals surface area contributed by atoms with E-state index in [0.29, 0.717) is 28.6 Å². The Hall–Kier alpha value is -1.34. The summed E-state index contributed by atoms with van der Waals surface area (Å²) in [6.07, 6.45) is 3.54. The van der Waals surface area contributed by atoms with Crippen LogP contribution in [0.3, 0.4) is 0 Å². The smallest absolute Gasteiger partial charge is 0.247 e. The van der Waals surface area contributed by atoms with Crippen LogP contribution >= 0.6 is 34.5 Å². The Bertz CT molecular complexity index is 924. The van der Waals surface area contributed by atoms with Gasteiger partial charge < -0.3 is 4.90 Å². The summed E-state index contributed by atoms with van der Waals surface area (Å²) in [5, 5.41) is 2.91. The number of rotatable bonds is 5. The number of thiophene rings is 1. The maximum Gasteiger partial charge on any atom is 0.247 e. The largest absolute Gasteiger partial charge is 0.330 e. The summed E-state index contributed by atoms with van der Waals surface area (Å²) >= 11 is 13.6. The van der Waals surface area contributed by atoms with Gasteiger partial charge in [-0.05, 0) is 41.6 Å². The molecule has 3 rings (SSSR count). The molecule has 2 heterocycles. The van der Waals surface area contributed by atoms with Crippen LogP contribution in [0.1, 0.15) is 16.9 Å². The van der Waals surface area contributed by atoms with Crippen LogP contribution in [0, 0.1) is 0 Å². The third-order valence-corrected chi connectivity index (χ3v) is 7.38. The van der Waals surface area contributed by atoms with Crippen molar-refractivity contribution in [3.63, 3.8) is 0 Å². The molecule has 1 aromatic carbocycles. The first-order valence-corrected chi connectivity index (χ1v) is 11.5. The molecular formula is C18H17Cl2NO3S2. The monoisotopic (exact) mass is 429 g/mol. The number of hydrogen-bond donors (Lipinski definition) is 0. The lowest BCUT2D eigenvalue weighted by atomic mass is 10.1. The minimum Gasteiger partial charge on any atom is -0.330 e. The third-order valence-electron chi connectivity index (χ3n) is 4.21. The Kier molecular flexibility index (Phi) is 6.07. The van der Waals surface area contributed by atoms with E-state index >= 15 is 0 Å². The number of nitrogens with zero attached hydrogens (tertiary/aromatic N) is 1. The average Bonchev–Trinajstić information content (AvgIpc) is 3.20. The molecular weight excluding hydrogens is 413 g/mol. The Balaban J connectivity index is 1.81. The minimum atomic E-state index is -3.08. The molecule has 0 saturated carbocycles. The van der Waals surface area contributed by atoms with Crippen molar-refractivity contribution >= 4 is 56.4 Å². The summed E-state index contributed by atoms with van der Waals surface area (Å²) in [5.41, 5.74) is 0.680. The van der Waals surface area contributed by atoms with Gasteiger partial charge in [-0.2, -0.15) is 0 Å². The molecule has 26 heavy (non-hydrogen) atoms. The van der Waals surface area contributed by atoms with Crippen molar-refractivity contribution in [3.05, 3.63) is 62.3 Å². The van der Waals surface area contributed by atoms with Crippen molar-refractivity contribution < 1.29 is 13.2 Å². The van der Waals surface area contributed by atoms with Gasteiger partial charge in [0, 0.05) is 27.0 Å². The molecule has 1 saturated heterocycles. The maximum absolute atomic E-state index is 12.8. The molecule has 138 valence electrons. The molecule has 0 spiro atoms. The van der Waals surface area contributed by atoms with Gasteiger partial charge >= 0.3 is 0 Å². The van der Waals surface area contributed by atoms with Gasteiger partial charge in [0.15, 0.2) is 9.84 Å². The SMILES string of the molecule is O=C(/C=C/c1ccc(Cl)cc1Cl)N(Cc1cccs1)[C@@H]1CCS(=O)(=O)C1. The van der Waals surface area contributed by atoms with Gasteiger partial charge in [0.2, 0.25) is 5.91 Å². The van der Waals surface area contributed by atoms with E-state index in [2.05, 4.69) is 0 Å². The second-order valence-corrected chi connectivity index (χ2v) is 10.2. The number of carbonyl (C=O) groups is 1. The van der Waals surface area contributed by atoms with Crippen LogP contribution in [0.5, 0.6) is 0 Å². The molecule has 4 nitrogen and oxygen atoms in total. The lowest BCUT2D eigenvalue weighted by molar-refractivity contribution is -0.128. The number of hydrogen-bond acceptors (Lipinski definition) is 4. The fourth-order valence-corrected chi connectivity index (χ4v) is 5.78. The second-order valence-electron chi connectivity index (χ2n) is 6.10. The van der Waals surface area contributed by atoms with Crippen LogP contribution in [0.15, 0.2) is 41.8 Å². The van der Waals surface area contributed by atoms with E-state index in [1.165, 1.54) is 6.08 Å². The van der Waals surface area contributed by atoms with Crippen LogP contribution < -0.4 is 0 Å². The van der Waals surface area contributed by atoms with E-state index in [-0.39, 0.29) is 23.5 Å². The molecule has 8 heteroatoms. The van der Waals surface area contributed by atoms with Crippen molar-refractivity contribution in [2.45, 2.75) is 19.0 Å². The van der Waals surface area contributed by atoms with Gasteiger partial charge in [0.25, 0.3) is 0 Å². The molecule has 1 aromatic heterocycles. The Morgan fingerprint density at radius 1 is 1.31 bits per heavy atom. The summed E-state index contributed by atoms with van der Waals surface area (Å²) in [5.74, 6) is -0.0929. The van der Waals surface area contributed by atoms with Gasteiger partial charge in [0.1, 0.15) is 0 Å². The van der Waals surface area contributed by atoms with E-state index in [0.717, 1.165) is 4.88 Å². The summed E-state index contributed by atoms with van der Waals surface area (Å²) in [7, 11) is -3.08. The highest BCUT2D eigenvalue weighted by atomic mass is 35.5. The topological polar surface area (TPSA) is 54.5 Å². The molecule has 2 aromatic rings. The molecule has 0 bridgehead atoms. The van der Waals surface area contributed by atoms with Crippen LogP contribution in [-0.2, 0) is 21.2 Å². The number of sulfone groups is 1. The highest BCUT2D eigenvalue weighted by molar-refractivity contribution is 7.91. The number of benzene rings is 1. The Labute approximate surface area is 167 Å². The fourth-order valence-electron chi connectivity index (χ4n) is 2.87. The van der Waals surface area contributed by atoms with Gasteiger partial charge in [-0.1, -0.05) is 35.3 Å². The van der Waals surface area contributed by atoms with Crippen LogP contribution in [0.2, 0.25) is 10.0 Å². The molecule has 1 fully saturated rings. The summed E-state index contributed by atoms with van der Waals surface area (Å²) < 4.78 is 23.7. The van der Waals surface area contributed by atoms with Crippen LogP contribution in [0.25, 0.3) is 6.08 Å². The lowest BCUT2D eigenvalue weighted by Gasteiger charge is -2.26. The molecule has 1 atom stereocenters. The minimum absolute atomic E-state index is 0.0135. The summed E-state index contributed by atoms with van der Waals surface area (Å²) in [6.45, 7) is 0.398. The molecule has 1 aliphatic rings. The molecule has 0 aliphatic carbocycles. The predicted molar refractivity (Wildman–Crippen MR) is 107 cm³/mol. The van der Waals surface area contributed by atoms with Crippen molar-refractivity contribution in [2.24, 2.45) is 0 Å². The first-order valence-electron chi connectivity index (χ1n) is 8.00. The number of amides is 1. The first-order chi connectivity index (χ1) is 12.3. The number of carbonyl (C=O) groups excluding carboxylic acids is 1. The zero-order chi connectivity index (χ0) is 18.7. The molecule has 0 N–H and O–H groups in total. The molecule has 1 aliphatic heterocycles. The first kappa shape index (κ1) is 19.4.